The Morgan fingerprint density at radius 3 is 2.41 bits per heavy atom. The third-order valence-electron chi connectivity index (χ3n) is 6.15. The number of nitrogens with zero attached hydrogens (tertiary/aromatic N) is 1. The molecular formula is C28H27NO3. The van der Waals surface area contributed by atoms with Gasteiger partial charge in [0, 0.05) is 30.4 Å². The van der Waals surface area contributed by atoms with E-state index in [9.17, 15) is 4.79 Å². The minimum Gasteiger partial charge on any atom is -0.485 e. The first-order valence-corrected chi connectivity index (χ1v) is 11.3. The Labute approximate surface area is 188 Å². The molecule has 0 aliphatic carbocycles. The van der Waals surface area contributed by atoms with Crippen LogP contribution in [0.5, 0.6) is 5.75 Å². The van der Waals surface area contributed by atoms with E-state index in [2.05, 4.69) is 17.0 Å². The molecule has 0 radical (unpaired) electrons. The number of anilines is 1. The Hall–Kier alpha value is -3.53. The maximum atomic E-state index is 12.9. The summed E-state index contributed by atoms with van der Waals surface area (Å²) in [5.41, 5.74) is 4.55. The van der Waals surface area contributed by atoms with Crippen molar-refractivity contribution in [3.63, 3.8) is 0 Å². The van der Waals surface area contributed by atoms with Gasteiger partial charge in [-0.15, -0.1) is 0 Å². The van der Waals surface area contributed by atoms with Gasteiger partial charge in [0.1, 0.15) is 12.4 Å². The van der Waals surface area contributed by atoms with Crippen LogP contribution in [0.25, 0.3) is 22.3 Å². The topological polar surface area (TPSA) is 42.7 Å². The standard InChI is InChI=1S/C28H27NO3/c1-20-10-15-24-25(30)18-26(22-11-13-23(14-12-22)29-16-6-3-7-17-29)32-28(24)27(20)31-19-21-8-4-2-5-9-21/h2,4-5,8-15,18H,3,6-7,16-17,19H2,1H3. The number of fused-ring (bicyclic) bond motifs is 1. The van der Waals surface area contributed by atoms with E-state index in [1.165, 1.54) is 24.9 Å². The second-order valence-electron chi connectivity index (χ2n) is 8.43. The highest BCUT2D eigenvalue weighted by molar-refractivity contribution is 5.85. The second kappa shape index (κ2) is 8.91. The lowest BCUT2D eigenvalue weighted by Gasteiger charge is -2.28. The highest BCUT2D eigenvalue weighted by Gasteiger charge is 2.15. The van der Waals surface area contributed by atoms with Crippen LogP contribution in [0.1, 0.15) is 30.4 Å². The third-order valence-corrected chi connectivity index (χ3v) is 6.15. The van der Waals surface area contributed by atoms with E-state index in [4.69, 9.17) is 9.15 Å². The summed E-state index contributed by atoms with van der Waals surface area (Å²) in [7, 11) is 0. The maximum Gasteiger partial charge on any atom is 0.193 e. The van der Waals surface area contributed by atoms with Crippen molar-refractivity contribution in [3.05, 3.63) is 94.1 Å². The van der Waals surface area contributed by atoms with Crippen LogP contribution in [0, 0.1) is 6.92 Å². The number of aryl methyl sites for hydroxylation is 1. The third kappa shape index (κ3) is 4.13. The number of hydrogen-bond donors (Lipinski definition) is 0. The fourth-order valence-corrected chi connectivity index (χ4v) is 4.33. The van der Waals surface area contributed by atoms with Gasteiger partial charge in [-0.25, -0.2) is 0 Å². The molecule has 0 N–H and O–H groups in total. The monoisotopic (exact) mass is 425 g/mol. The van der Waals surface area contributed by atoms with Crippen molar-refractivity contribution < 1.29 is 9.15 Å². The largest absolute Gasteiger partial charge is 0.485 e. The summed E-state index contributed by atoms with van der Waals surface area (Å²) in [5, 5.41) is 0.535. The first kappa shape index (κ1) is 20.4. The molecule has 0 atom stereocenters. The van der Waals surface area contributed by atoms with Crippen LogP contribution in [-0.2, 0) is 6.61 Å². The average molecular weight is 426 g/mol. The van der Waals surface area contributed by atoms with Gasteiger partial charge in [0.25, 0.3) is 0 Å². The van der Waals surface area contributed by atoms with Gasteiger partial charge < -0.3 is 14.1 Å². The van der Waals surface area contributed by atoms with Gasteiger partial charge in [-0.05, 0) is 67.6 Å². The Bertz CT molecular complexity index is 1270. The van der Waals surface area contributed by atoms with Gasteiger partial charge in [-0.1, -0.05) is 36.4 Å². The van der Waals surface area contributed by atoms with E-state index in [0.717, 1.165) is 29.8 Å². The molecule has 0 amide bonds. The smallest absolute Gasteiger partial charge is 0.193 e. The molecular weight excluding hydrogens is 398 g/mol. The fraction of sp³-hybridized carbons (Fsp3) is 0.250. The lowest BCUT2D eigenvalue weighted by Crippen LogP contribution is -2.29. The van der Waals surface area contributed by atoms with Gasteiger partial charge in [-0.2, -0.15) is 0 Å². The van der Waals surface area contributed by atoms with Crippen molar-refractivity contribution in [3.8, 4) is 17.1 Å². The summed E-state index contributed by atoms with van der Waals surface area (Å²) < 4.78 is 12.4. The highest BCUT2D eigenvalue weighted by Crippen LogP contribution is 2.32. The maximum absolute atomic E-state index is 12.9. The summed E-state index contributed by atoms with van der Waals surface area (Å²) in [6.45, 7) is 4.59. The summed E-state index contributed by atoms with van der Waals surface area (Å²) in [4.78, 5) is 15.3. The van der Waals surface area contributed by atoms with Crippen LogP contribution in [0.3, 0.4) is 0 Å². The molecule has 0 unspecified atom stereocenters. The molecule has 3 aromatic carbocycles. The van der Waals surface area contributed by atoms with E-state index in [0.29, 0.717) is 29.1 Å². The molecule has 4 heteroatoms. The van der Waals surface area contributed by atoms with E-state index in [1.807, 2.05) is 61.5 Å². The molecule has 32 heavy (non-hydrogen) atoms. The number of hydrogen-bond acceptors (Lipinski definition) is 4. The average Bonchev–Trinajstić information content (AvgIpc) is 2.84. The summed E-state index contributed by atoms with van der Waals surface area (Å²) in [6.07, 6.45) is 3.80. The SMILES string of the molecule is Cc1ccc2c(=O)cc(-c3ccc(N4CCCCC4)cc3)oc2c1OCc1ccccc1. The first-order chi connectivity index (χ1) is 15.7. The van der Waals surface area contributed by atoms with Crippen molar-refractivity contribution >= 4 is 16.7 Å². The van der Waals surface area contributed by atoms with Crippen LogP contribution in [0.2, 0.25) is 0 Å². The number of piperidine rings is 1. The van der Waals surface area contributed by atoms with Gasteiger partial charge in [-0.3, -0.25) is 4.79 Å². The molecule has 0 spiro atoms. The summed E-state index contributed by atoms with van der Waals surface area (Å²) >= 11 is 0. The zero-order chi connectivity index (χ0) is 21.9. The lowest BCUT2D eigenvalue weighted by atomic mass is 10.1. The molecule has 0 saturated carbocycles. The first-order valence-electron chi connectivity index (χ1n) is 11.3. The van der Waals surface area contributed by atoms with E-state index in [1.54, 1.807) is 6.07 Å². The Balaban J connectivity index is 1.49. The molecule has 4 nitrogen and oxygen atoms in total. The molecule has 1 fully saturated rings. The molecule has 0 bridgehead atoms. The van der Waals surface area contributed by atoms with Crippen molar-refractivity contribution in [1.82, 2.24) is 0 Å². The Morgan fingerprint density at radius 2 is 1.66 bits per heavy atom. The molecule has 1 aromatic heterocycles. The second-order valence-corrected chi connectivity index (χ2v) is 8.43. The molecule has 5 rings (SSSR count). The van der Waals surface area contributed by atoms with E-state index >= 15 is 0 Å². The number of rotatable bonds is 5. The highest BCUT2D eigenvalue weighted by atomic mass is 16.5. The van der Waals surface area contributed by atoms with Gasteiger partial charge in [0.05, 0.1) is 5.39 Å². The summed E-state index contributed by atoms with van der Waals surface area (Å²) in [6, 6.07) is 23.6. The van der Waals surface area contributed by atoms with E-state index in [-0.39, 0.29) is 5.43 Å². The molecule has 2 heterocycles. The van der Waals surface area contributed by atoms with Gasteiger partial charge in [0.15, 0.2) is 16.8 Å². The van der Waals surface area contributed by atoms with Crippen molar-refractivity contribution in [2.75, 3.05) is 18.0 Å². The van der Waals surface area contributed by atoms with Crippen molar-refractivity contribution in [1.29, 1.82) is 0 Å². The normalized spacial score (nSPS) is 14.0. The fourth-order valence-electron chi connectivity index (χ4n) is 4.33. The zero-order valence-corrected chi connectivity index (χ0v) is 18.3. The quantitative estimate of drug-likeness (QED) is 0.374. The zero-order valence-electron chi connectivity index (χ0n) is 18.3. The van der Waals surface area contributed by atoms with E-state index < -0.39 is 0 Å². The van der Waals surface area contributed by atoms with Crippen LogP contribution in [0.15, 0.2) is 82.0 Å². The van der Waals surface area contributed by atoms with Crippen LogP contribution in [-0.4, -0.2) is 13.1 Å². The van der Waals surface area contributed by atoms with Crippen LogP contribution >= 0.6 is 0 Å². The summed E-state index contributed by atoms with van der Waals surface area (Å²) in [5.74, 6) is 1.18. The molecule has 1 aliphatic rings. The Morgan fingerprint density at radius 1 is 0.906 bits per heavy atom. The number of ether oxygens (including phenoxy) is 1. The lowest BCUT2D eigenvalue weighted by molar-refractivity contribution is 0.303. The predicted molar refractivity (Wildman–Crippen MR) is 129 cm³/mol. The minimum absolute atomic E-state index is 0.0640. The Kier molecular flexibility index (Phi) is 5.68. The van der Waals surface area contributed by atoms with Gasteiger partial charge in [0.2, 0.25) is 0 Å². The van der Waals surface area contributed by atoms with Crippen molar-refractivity contribution in [2.45, 2.75) is 32.8 Å². The molecule has 162 valence electrons. The number of benzene rings is 3. The molecule has 1 saturated heterocycles. The minimum atomic E-state index is -0.0640. The van der Waals surface area contributed by atoms with Crippen LogP contribution < -0.4 is 15.1 Å². The van der Waals surface area contributed by atoms with Gasteiger partial charge >= 0.3 is 0 Å². The predicted octanol–water partition coefficient (Wildman–Crippen LogP) is 6.34. The van der Waals surface area contributed by atoms with Crippen LogP contribution in [0.4, 0.5) is 5.69 Å². The molecule has 4 aromatic rings. The van der Waals surface area contributed by atoms with Crippen molar-refractivity contribution in [2.24, 2.45) is 0 Å². The molecule has 1 aliphatic heterocycles.